The summed E-state index contributed by atoms with van der Waals surface area (Å²) in [5.74, 6) is 0.829. The van der Waals surface area contributed by atoms with Crippen molar-refractivity contribution in [1.82, 2.24) is 15.5 Å². The van der Waals surface area contributed by atoms with Crippen molar-refractivity contribution < 1.29 is 18.3 Å². The average Bonchev–Trinajstić information content (AvgIpc) is 3.25. The first-order valence-electron chi connectivity index (χ1n) is 9.93. The fourth-order valence-corrected chi connectivity index (χ4v) is 4.06. The Kier molecular flexibility index (Phi) is 9.84. The van der Waals surface area contributed by atoms with Gasteiger partial charge in [0.15, 0.2) is 5.96 Å². The van der Waals surface area contributed by atoms with Gasteiger partial charge in [-0.1, -0.05) is 18.2 Å². The van der Waals surface area contributed by atoms with E-state index < -0.39 is 6.61 Å². The highest BCUT2D eigenvalue weighted by Gasteiger charge is 2.39. The first-order chi connectivity index (χ1) is 13.6. The Bertz CT molecular complexity index is 651. The molecule has 164 valence electrons. The molecule has 0 aliphatic carbocycles. The standard InChI is InChI=1S/C20H30F2N4O2.HI/c1-23-19(24-14-16-6-2-3-7-17(16)28-18(21)22)25-15-20(8-12-27-13-9-20)26-10-4-5-11-26;/h2-3,6-7,18H,4-5,8-15H2,1H3,(H2,23,24,25);1H. The molecule has 0 unspecified atom stereocenters. The molecule has 9 heteroatoms. The molecule has 0 bridgehead atoms. The summed E-state index contributed by atoms with van der Waals surface area (Å²) in [5.41, 5.74) is 0.745. The normalized spacial score (nSPS) is 19.7. The molecule has 0 amide bonds. The Morgan fingerprint density at radius 1 is 1.21 bits per heavy atom. The van der Waals surface area contributed by atoms with Gasteiger partial charge in [0, 0.05) is 44.5 Å². The number of hydrogen-bond donors (Lipinski definition) is 2. The lowest BCUT2D eigenvalue weighted by atomic mass is 9.88. The molecule has 2 fully saturated rings. The highest BCUT2D eigenvalue weighted by atomic mass is 127. The smallest absolute Gasteiger partial charge is 0.387 e. The summed E-state index contributed by atoms with van der Waals surface area (Å²) in [6, 6.07) is 6.79. The molecular weight excluding hydrogens is 493 g/mol. The van der Waals surface area contributed by atoms with E-state index in [1.807, 2.05) is 0 Å². The number of nitrogens with one attached hydrogen (secondary N) is 2. The van der Waals surface area contributed by atoms with Crippen LogP contribution in [0.15, 0.2) is 29.3 Å². The quantitative estimate of drug-likeness (QED) is 0.326. The zero-order chi connectivity index (χ0) is 19.8. The molecule has 6 nitrogen and oxygen atoms in total. The van der Waals surface area contributed by atoms with Gasteiger partial charge in [0.25, 0.3) is 0 Å². The van der Waals surface area contributed by atoms with Crippen LogP contribution in [0.2, 0.25) is 0 Å². The van der Waals surface area contributed by atoms with Gasteiger partial charge in [-0.15, -0.1) is 24.0 Å². The molecule has 29 heavy (non-hydrogen) atoms. The van der Waals surface area contributed by atoms with Crippen LogP contribution >= 0.6 is 24.0 Å². The molecule has 2 N–H and O–H groups in total. The van der Waals surface area contributed by atoms with E-state index in [0.717, 1.165) is 45.7 Å². The zero-order valence-corrected chi connectivity index (χ0v) is 19.2. The van der Waals surface area contributed by atoms with Crippen LogP contribution in [0, 0.1) is 0 Å². The molecule has 0 atom stereocenters. The summed E-state index contributed by atoms with van der Waals surface area (Å²) in [4.78, 5) is 6.88. The first-order valence-corrected chi connectivity index (χ1v) is 9.93. The minimum atomic E-state index is -2.84. The summed E-state index contributed by atoms with van der Waals surface area (Å²) in [5, 5.41) is 6.65. The molecule has 0 aromatic heterocycles. The van der Waals surface area contributed by atoms with E-state index >= 15 is 0 Å². The van der Waals surface area contributed by atoms with Gasteiger partial charge >= 0.3 is 6.61 Å². The summed E-state index contributed by atoms with van der Waals surface area (Å²) >= 11 is 0. The molecule has 2 heterocycles. The highest BCUT2D eigenvalue weighted by Crippen LogP contribution is 2.30. The van der Waals surface area contributed by atoms with Crippen molar-refractivity contribution in [3.8, 4) is 5.75 Å². The molecule has 2 saturated heterocycles. The highest BCUT2D eigenvalue weighted by molar-refractivity contribution is 14.0. The van der Waals surface area contributed by atoms with Gasteiger partial charge in [-0.05, 0) is 44.8 Å². The van der Waals surface area contributed by atoms with Crippen LogP contribution in [0.5, 0.6) is 5.75 Å². The van der Waals surface area contributed by atoms with Crippen LogP contribution < -0.4 is 15.4 Å². The Morgan fingerprint density at radius 2 is 1.90 bits per heavy atom. The van der Waals surface area contributed by atoms with Gasteiger partial charge in [0.1, 0.15) is 5.75 Å². The monoisotopic (exact) mass is 524 g/mol. The molecule has 2 aliphatic heterocycles. The number of likely N-dealkylation sites (tertiary alicyclic amines) is 1. The summed E-state index contributed by atoms with van der Waals surface area (Å²) in [7, 11) is 1.71. The minimum Gasteiger partial charge on any atom is -0.434 e. The molecule has 3 rings (SSSR count). The Balaban J connectivity index is 0.00000300. The molecule has 0 spiro atoms. The van der Waals surface area contributed by atoms with Crippen LogP contribution in [0.1, 0.15) is 31.2 Å². The SMILES string of the molecule is CN=C(NCc1ccccc1OC(F)F)NCC1(N2CCCC2)CCOCC1.I. The van der Waals surface area contributed by atoms with Crippen molar-refractivity contribution in [2.24, 2.45) is 4.99 Å². The molecule has 0 saturated carbocycles. The summed E-state index contributed by atoms with van der Waals surface area (Å²) in [6.45, 7) is 2.11. The van der Waals surface area contributed by atoms with Crippen LogP contribution in [-0.2, 0) is 11.3 Å². The van der Waals surface area contributed by atoms with Crippen LogP contribution in [-0.4, -0.2) is 62.9 Å². The van der Waals surface area contributed by atoms with E-state index in [0.29, 0.717) is 18.1 Å². The third-order valence-electron chi connectivity index (χ3n) is 5.64. The molecule has 1 aromatic rings. The van der Waals surface area contributed by atoms with E-state index in [-0.39, 0.29) is 35.3 Å². The van der Waals surface area contributed by atoms with E-state index in [1.165, 1.54) is 12.8 Å². The molecule has 2 aliphatic rings. The topological polar surface area (TPSA) is 58.1 Å². The number of guanidine groups is 1. The lowest BCUT2D eigenvalue weighted by Gasteiger charge is -2.45. The largest absolute Gasteiger partial charge is 0.434 e. The van der Waals surface area contributed by atoms with Crippen molar-refractivity contribution in [3.05, 3.63) is 29.8 Å². The van der Waals surface area contributed by atoms with E-state index in [1.54, 1.807) is 31.3 Å². The Hall–Kier alpha value is -1.20. The van der Waals surface area contributed by atoms with Gasteiger partial charge in [-0.25, -0.2) is 0 Å². The number of aliphatic imine (C=N–C) groups is 1. The fourth-order valence-electron chi connectivity index (χ4n) is 4.06. The van der Waals surface area contributed by atoms with Crippen LogP contribution in [0.3, 0.4) is 0 Å². The lowest BCUT2D eigenvalue weighted by Crippen LogP contribution is -2.58. The van der Waals surface area contributed by atoms with Gasteiger partial charge < -0.3 is 20.1 Å². The van der Waals surface area contributed by atoms with Crippen molar-refractivity contribution >= 4 is 29.9 Å². The maximum Gasteiger partial charge on any atom is 0.387 e. The van der Waals surface area contributed by atoms with E-state index in [2.05, 4.69) is 25.3 Å². The Labute approximate surface area is 188 Å². The average molecular weight is 524 g/mol. The number of para-hydroxylation sites is 1. The van der Waals surface area contributed by atoms with Gasteiger partial charge in [0.05, 0.1) is 0 Å². The number of alkyl halides is 2. The Morgan fingerprint density at radius 3 is 2.55 bits per heavy atom. The number of ether oxygens (including phenoxy) is 2. The van der Waals surface area contributed by atoms with Crippen molar-refractivity contribution in [3.63, 3.8) is 0 Å². The third-order valence-corrected chi connectivity index (χ3v) is 5.64. The van der Waals surface area contributed by atoms with E-state index in [9.17, 15) is 8.78 Å². The summed E-state index contributed by atoms with van der Waals surface area (Å²) < 4.78 is 35.4. The molecular formula is C20H31F2IN4O2. The summed E-state index contributed by atoms with van der Waals surface area (Å²) in [6.07, 6.45) is 4.50. The third kappa shape index (κ3) is 6.65. The lowest BCUT2D eigenvalue weighted by molar-refractivity contribution is -0.0504. The molecule has 1 aromatic carbocycles. The second-order valence-electron chi connectivity index (χ2n) is 7.30. The van der Waals surface area contributed by atoms with E-state index in [4.69, 9.17) is 4.74 Å². The second-order valence-corrected chi connectivity index (χ2v) is 7.30. The number of halogens is 3. The van der Waals surface area contributed by atoms with Crippen LogP contribution in [0.25, 0.3) is 0 Å². The molecule has 0 radical (unpaired) electrons. The first kappa shape index (κ1) is 24.1. The number of nitrogens with zero attached hydrogens (tertiary/aromatic N) is 2. The van der Waals surface area contributed by atoms with Crippen LogP contribution in [0.4, 0.5) is 8.78 Å². The predicted molar refractivity (Wildman–Crippen MR) is 120 cm³/mol. The van der Waals surface area contributed by atoms with Crippen molar-refractivity contribution in [2.45, 2.75) is 44.4 Å². The zero-order valence-electron chi connectivity index (χ0n) is 16.8. The second kappa shape index (κ2) is 11.8. The number of benzene rings is 1. The van der Waals surface area contributed by atoms with Crippen molar-refractivity contribution in [1.29, 1.82) is 0 Å². The van der Waals surface area contributed by atoms with Gasteiger partial charge in [-0.3, -0.25) is 9.89 Å². The minimum absolute atomic E-state index is 0. The van der Waals surface area contributed by atoms with Crippen molar-refractivity contribution in [2.75, 3.05) is 39.9 Å². The maximum atomic E-state index is 12.6. The number of hydrogen-bond acceptors (Lipinski definition) is 4. The van der Waals surface area contributed by atoms with Gasteiger partial charge in [-0.2, -0.15) is 8.78 Å². The maximum absolute atomic E-state index is 12.6. The number of rotatable bonds is 7. The predicted octanol–water partition coefficient (Wildman–Crippen LogP) is 3.22. The fraction of sp³-hybridized carbons (Fsp3) is 0.650. The van der Waals surface area contributed by atoms with Gasteiger partial charge in [0.2, 0.25) is 0 Å².